The number of alkyl carbamates (subject to hydrolysis) is 1. The molecular weight excluding hydrogens is 148 g/mol. The van der Waals surface area contributed by atoms with Crippen molar-refractivity contribution in [3.05, 3.63) is 0 Å². The lowest BCUT2D eigenvalue weighted by Gasteiger charge is -2.02. The molecule has 3 N–H and O–H groups in total. The van der Waals surface area contributed by atoms with Gasteiger partial charge in [-0.15, -0.1) is 0 Å². The lowest BCUT2D eigenvalue weighted by atomic mass is 10.4. The third-order valence-corrected chi connectivity index (χ3v) is 0.916. The molecule has 0 heterocycles. The predicted octanol–water partition coefficient (Wildman–Crippen LogP) is -0.392. The molecule has 64 valence electrons. The first-order valence-corrected chi connectivity index (χ1v) is 3.35. The van der Waals surface area contributed by atoms with Crippen LogP contribution in [0.25, 0.3) is 0 Å². The van der Waals surface area contributed by atoms with Crippen molar-refractivity contribution >= 4 is 12.0 Å². The molecule has 0 aromatic carbocycles. The average molecular weight is 160 g/mol. The molecule has 0 saturated carbocycles. The molecule has 0 saturated heterocycles. The van der Waals surface area contributed by atoms with Gasteiger partial charge in [0, 0.05) is 13.0 Å². The number of primary amides is 1. The normalized spacial score (nSPS) is 8.82. The smallest absolute Gasteiger partial charge is 0.407 e. The number of carbonyl (C=O) groups excluding carboxylic acids is 2. The van der Waals surface area contributed by atoms with E-state index in [1.807, 2.05) is 0 Å². The van der Waals surface area contributed by atoms with Gasteiger partial charge in [0.15, 0.2) is 0 Å². The van der Waals surface area contributed by atoms with Crippen LogP contribution < -0.4 is 11.1 Å². The minimum absolute atomic E-state index is 0.138. The van der Waals surface area contributed by atoms with E-state index in [1.54, 1.807) is 6.92 Å². The van der Waals surface area contributed by atoms with Crippen molar-refractivity contribution in [3.8, 4) is 0 Å². The van der Waals surface area contributed by atoms with Crippen molar-refractivity contribution in [1.82, 2.24) is 5.32 Å². The van der Waals surface area contributed by atoms with Crippen molar-refractivity contribution in [3.63, 3.8) is 0 Å². The van der Waals surface area contributed by atoms with E-state index in [2.05, 4.69) is 10.1 Å². The fourth-order valence-corrected chi connectivity index (χ4v) is 0.470. The minimum atomic E-state index is -0.520. The van der Waals surface area contributed by atoms with Crippen LogP contribution in [0.3, 0.4) is 0 Å². The highest BCUT2D eigenvalue weighted by Crippen LogP contribution is 1.77. The Morgan fingerprint density at radius 3 is 2.64 bits per heavy atom. The summed E-state index contributed by atoms with van der Waals surface area (Å²) in [6.45, 7) is 2.25. The fraction of sp³-hybridized carbons (Fsp3) is 0.667. The SMILES string of the molecule is CCOC(=O)NCCC(N)=O. The van der Waals surface area contributed by atoms with E-state index in [-0.39, 0.29) is 13.0 Å². The Kier molecular flexibility index (Phi) is 4.89. The molecular formula is C6H12N2O3. The molecule has 0 rings (SSSR count). The van der Waals surface area contributed by atoms with Gasteiger partial charge >= 0.3 is 6.09 Å². The zero-order chi connectivity index (χ0) is 8.69. The second-order valence-corrected chi connectivity index (χ2v) is 1.86. The number of nitrogens with two attached hydrogens (primary N) is 1. The summed E-state index contributed by atoms with van der Waals surface area (Å²) >= 11 is 0. The van der Waals surface area contributed by atoms with E-state index in [1.165, 1.54) is 0 Å². The highest BCUT2D eigenvalue weighted by Gasteiger charge is 1.99. The van der Waals surface area contributed by atoms with E-state index >= 15 is 0 Å². The lowest BCUT2D eigenvalue weighted by molar-refractivity contribution is -0.117. The standard InChI is InChI=1S/C6H12N2O3/c1-2-11-6(10)8-4-3-5(7)9/h2-4H2,1H3,(H2,7,9)(H,8,10). The predicted molar refractivity (Wildman–Crippen MR) is 38.8 cm³/mol. The number of rotatable bonds is 4. The van der Waals surface area contributed by atoms with E-state index in [0.717, 1.165) is 0 Å². The zero-order valence-corrected chi connectivity index (χ0v) is 6.42. The van der Waals surface area contributed by atoms with Gasteiger partial charge < -0.3 is 15.8 Å². The van der Waals surface area contributed by atoms with Gasteiger partial charge in [-0.2, -0.15) is 0 Å². The molecule has 5 nitrogen and oxygen atoms in total. The van der Waals surface area contributed by atoms with E-state index < -0.39 is 12.0 Å². The second kappa shape index (κ2) is 5.52. The molecule has 0 bridgehead atoms. The maximum Gasteiger partial charge on any atom is 0.407 e. The van der Waals surface area contributed by atoms with Crippen molar-refractivity contribution in [2.75, 3.05) is 13.2 Å². The van der Waals surface area contributed by atoms with Crippen molar-refractivity contribution < 1.29 is 14.3 Å². The van der Waals surface area contributed by atoms with Crippen LogP contribution in [0.15, 0.2) is 0 Å². The summed E-state index contributed by atoms with van der Waals surface area (Å²) in [5.74, 6) is -0.443. The first-order chi connectivity index (χ1) is 5.16. The second-order valence-electron chi connectivity index (χ2n) is 1.86. The molecule has 0 aromatic heterocycles. The number of carbonyl (C=O) groups is 2. The zero-order valence-electron chi connectivity index (χ0n) is 6.42. The first kappa shape index (κ1) is 9.74. The molecule has 0 radical (unpaired) electrons. The Hall–Kier alpha value is -1.26. The van der Waals surface area contributed by atoms with Crippen LogP contribution in [0.1, 0.15) is 13.3 Å². The van der Waals surface area contributed by atoms with Crippen LogP contribution in [-0.2, 0) is 9.53 Å². The summed E-state index contributed by atoms with van der Waals surface area (Å²) in [7, 11) is 0. The van der Waals surface area contributed by atoms with Gasteiger partial charge in [0.25, 0.3) is 0 Å². The Labute approximate surface area is 64.9 Å². The summed E-state index contributed by atoms with van der Waals surface area (Å²) in [6.07, 6.45) is -0.382. The number of hydrogen-bond donors (Lipinski definition) is 2. The number of ether oxygens (including phenoxy) is 1. The maximum absolute atomic E-state index is 10.5. The lowest BCUT2D eigenvalue weighted by Crippen LogP contribution is -2.28. The molecule has 5 heteroatoms. The average Bonchev–Trinajstić information content (AvgIpc) is 1.87. The van der Waals surface area contributed by atoms with Gasteiger partial charge in [0.1, 0.15) is 0 Å². The molecule has 0 unspecified atom stereocenters. The van der Waals surface area contributed by atoms with Gasteiger partial charge in [0.05, 0.1) is 6.61 Å². The Bertz CT molecular complexity index is 147. The quantitative estimate of drug-likeness (QED) is 0.587. The van der Waals surface area contributed by atoms with E-state index in [0.29, 0.717) is 6.61 Å². The fourth-order valence-electron chi connectivity index (χ4n) is 0.470. The molecule has 0 aliphatic rings. The van der Waals surface area contributed by atoms with Crippen LogP contribution in [0, 0.1) is 0 Å². The molecule has 0 aliphatic heterocycles. The minimum Gasteiger partial charge on any atom is -0.450 e. The molecule has 2 amide bonds. The summed E-state index contributed by atoms with van der Waals surface area (Å²) < 4.78 is 4.52. The van der Waals surface area contributed by atoms with E-state index in [9.17, 15) is 9.59 Å². The van der Waals surface area contributed by atoms with Crippen LogP contribution in [0.4, 0.5) is 4.79 Å². The molecule has 0 aromatic rings. The van der Waals surface area contributed by atoms with Gasteiger partial charge in [0.2, 0.25) is 5.91 Å². The van der Waals surface area contributed by atoms with E-state index in [4.69, 9.17) is 5.73 Å². The van der Waals surface area contributed by atoms with Crippen LogP contribution in [0.5, 0.6) is 0 Å². The highest BCUT2D eigenvalue weighted by molar-refractivity contribution is 5.75. The Morgan fingerprint density at radius 1 is 1.55 bits per heavy atom. The summed E-state index contributed by atoms with van der Waals surface area (Å²) in [5, 5.41) is 2.35. The van der Waals surface area contributed by atoms with Gasteiger partial charge in [-0.05, 0) is 6.92 Å². The van der Waals surface area contributed by atoms with Gasteiger partial charge in [-0.3, -0.25) is 4.79 Å². The largest absolute Gasteiger partial charge is 0.450 e. The Balaban J connectivity index is 3.24. The number of amides is 2. The van der Waals surface area contributed by atoms with Crippen molar-refractivity contribution in [1.29, 1.82) is 0 Å². The molecule has 0 spiro atoms. The molecule has 11 heavy (non-hydrogen) atoms. The molecule has 0 fully saturated rings. The summed E-state index contributed by atoms with van der Waals surface area (Å²) in [5.41, 5.74) is 4.82. The Morgan fingerprint density at radius 2 is 2.18 bits per heavy atom. The van der Waals surface area contributed by atoms with Crippen molar-refractivity contribution in [2.24, 2.45) is 5.73 Å². The van der Waals surface area contributed by atoms with Crippen LogP contribution >= 0.6 is 0 Å². The third kappa shape index (κ3) is 6.63. The van der Waals surface area contributed by atoms with Gasteiger partial charge in [-0.1, -0.05) is 0 Å². The monoisotopic (exact) mass is 160 g/mol. The van der Waals surface area contributed by atoms with Crippen LogP contribution in [-0.4, -0.2) is 25.2 Å². The van der Waals surface area contributed by atoms with Crippen molar-refractivity contribution in [2.45, 2.75) is 13.3 Å². The van der Waals surface area contributed by atoms with Crippen LogP contribution in [0.2, 0.25) is 0 Å². The topological polar surface area (TPSA) is 81.4 Å². The number of nitrogens with one attached hydrogen (secondary N) is 1. The highest BCUT2D eigenvalue weighted by atomic mass is 16.5. The first-order valence-electron chi connectivity index (χ1n) is 3.35. The summed E-state index contributed by atoms with van der Waals surface area (Å²) in [6, 6.07) is 0. The third-order valence-electron chi connectivity index (χ3n) is 0.916. The van der Waals surface area contributed by atoms with Gasteiger partial charge in [-0.25, -0.2) is 4.79 Å². The molecule has 0 aliphatic carbocycles. The maximum atomic E-state index is 10.5. The molecule has 0 atom stereocenters. The summed E-state index contributed by atoms with van der Waals surface area (Å²) in [4.78, 5) is 20.7. The number of hydrogen-bond acceptors (Lipinski definition) is 3.